The molecular weight excluding hydrogens is 200 g/mol. The van der Waals surface area contributed by atoms with Crippen LogP contribution in [0, 0.1) is 5.82 Å². The third-order valence-corrected chi connectivity index (χ3v) is 1.87. The Morgan fingerprint density at radius 3 is 2.50 bits per heavy atom. The number of hydrogen-bond acceptors (Lipinski definition) is 1. The molecule has 0 aliphatic carbocycles. The number of hydrogen-bond donors (Lipinski definition) is 1. The van der Waals surface area contributed by atoms with Crippen molar-refractivity contribution in [2.75, 3.05) is 0 Å². The van der Waals surface area contributed by atoms with E-state index in [1.54, 1.807) is 19.1 Å². The fraction of sp³-hybridized carbons (Fsp3) is 0.250. The van der Waals surface area contributed by atoms with Gasteiger partial charge in [-0.15, -0.1) is 12.4 Å². The molecule has 12 heavy (non-hydrogen) atoms. The van der Waals surface area contributed by atoms with Crippen LogP contribution in [0.3, 0.4) is 0 Å². The Morgan fingerprint density at radius 2 is 2.08 bits per heavy atom. The number of rotatable bonds is 1. The Hall–Kier alpha value is -0.310. The Balaban J connectivity index is 0.00000121. The molecule has 1 atom stereocenters. The van der Waals surface area contributed by atoms with E-state index in [4.69, 9.17) is 17.3 Å². The van der Waals surface area contributed by atoms with Crippen molar-refractivity contribution in [3.63, 3.8) is 0 Å². The van der Waals surface area contributed by atoms with Crippen molar-refractivity contribution in [1.29, 1.82) is 0 Å². The first-order chi connectivity index (χ1) is 5.13. The molecule has 2 N–H and O–H groups in total. The third-order valence-electron chi connectivity index (χ3n) is 1.47. The first-order valence-electron chi connectivity index (χ1n) is 3.32. The van der Waals surface area contributed by atoms with E-state index in [0.717, 1.165) is 0 Å². The highest BCUT2D eigenvalue weighted by atomic mass is 35.5. The van der Waals surface area contributed by atoms with Gasteiger partial charge in [0.25, 0.3) is 0 Å². The first kappa shape index (κ1) is 11.7. The highest BCUT2D eigenvalue weighted by molar-refractivity contribution is 6.31. The molecule has 0 aromatic heterocycles. The highest BCUT2D eigenvalue weighted by Crippen LogP contribution is 2.23. The van der Waals surface area contributed by atoms with Crippen LogP contribution in [0.4, 0.5) is 4.39 Å². The molecule has 0 fully saturated rings. The average molecular weight is 210 g/mol. The van der Waals surface area contributed by atoms with Crippen molar-refractivity contribution in [2.24, 2.45) is 5.73 Å². The molecule has 0 unspecified atom stereocenters. The Kier molecular flexibility index (Phi) is 4.53. The van der Waals surface area contributed by atoms with Crippen LogP contribution in [0.2, 0.25) is 5.02 Å². The molecule has 0 aliphatic rings. The van der Waals surface area contributed by atoms with Crippen LogP contribution < -0.4 is 5.73 Å². The standard InChI is InChI=1S/C8H9ClFN.ClH/c1-5(11)6-3-2-4-7(10)8(6)9;/h2-5H,11H2,1H3;1H/t5-;/m1./s1. The van der Waals surface area contributed by atoms with Crippen LogP contribution in [0.25, 0.3) is 0 Å². The van der Waals surface area contributed by atoms with Gasteiger partial charge < -0.3 is 5.73 Å². The SMILES string of the molecule is C[C@@H](N)c1cccc(F)c1Cl.Cl. The molecule has 0 bridgehead atoms. The second kappa shape index (κ2) is 4.65. The summed E-state index contributed by atoms with van der Waals surface area (Å²) in [5, 5.41) is 0.127. The van der Waals surface area contributed by atoms with Gasteiger partial charge in [-0.3, -0.25) is 0 Å². The molecule has 1 aromatic carbocycles. The summed E-state index contributed by atoms with van der Waals surface area (Å²) in [7, 11) is 0. The largest absolute Gasteiger partial charge is 0.324 e. The van der Waals surface area contributed by atoms with Crippen LogP contribution in [-0.2, 0) is 0 Å². The molecule has 1 nitrogen and oxygen atoms in total. The minimum Gasteiger partial charge on any atom is -0.324 e. The number of benzene rings is 1. The maximum Gasteiger partial charge on any atom is 0.142 e. The maximum absolute atomic E-state index is 12.8. The summed E-state index contributed by atoms with van der Waals surface area (Å²) in [5.41, 5.74) is 6.18. The second-order valence-corrected chi connectivity index (χ2v) is 2.81. The van der Waals surface area contributed by atoms with E-state index in [1.807, 2.05) is 0 Å². The monoisotopic (exact) mass is 209 g/mol. The van der Waals surface area contributed by atoms with Gasteiger partial charge in [0.05, 0.1) is 5.02 Å². The van der Waals surface area contributed by atoms with Gasteiger partial charge in [-0.25, -0.2) is 4.39 Å². The molecule has 0 saturated heterocycles. The minimum absolute atomic E-state index is 0. The molecule has 0 spiro atoms. The predicted molar refractivity (Wildman–Crippen MR) is 51.3 cm³/mol. The summed E-state index contributed by atoms with van der Waals surface area (Å²) in [4.78, 5) is 0. The molecule has 0 heterocycles. The Morgan fingerprint density at radius 1 is 1.50 bits per heavy atom. The summed E-state index contributed by atoms with van der Waals surface area (Å²) >= 11 is 5.63. The fourth-order valence-corrected chi connectivity index (χ4v) is 1.17. The van der Waals surface area contributed by atoms with Gasteiger partial charge in [0.1, 0.15) is 5.82 Å². The minimum atomic E-state index is -0.415. The van der Waals surface area contributed by atoms with E-state index < -0.39 is 5.82 Å². The summed E-state index contributed by atoms with van der Waals surface area (Å²) in [5.74, 6) is -0.415. The van der Waals surface area contributed by atoms with Crippen molar-refractivity contribution in [3.8, 4) is 0 Å². The van der Waals surface area contributed by atoms with Crippen LogP contribution >= 0.6 is 24.0 Å². The smallest absolute Gasteiger partial charge is 0.142 e. The van der Waals surface area contributed by atoms with Crippen molar-refractivity contribution in [3.05, 3.63) is 34.6 Å². The van der Waals surface area contributed by atoms with Crippen molar-refractivity contribution in [2.45, 2.75) is 13.0 Å². The van der Waals surface area contributed by atoms with Gasteiger partial charge in [0, 0.05) is 6.04 Å². The lowest BCUT2D eigenvalue weighted by Gasteiger charge is -2.07. The molecule has 0 amide bonds. The van der Waals surface area contributed by atoms with Crippen LogP contribution in [0.5, 0.6) is 0 Å². The second-order valence-electron chi connectivity index (χ2n) is 2.43. The van der Waals surface area contributed by atoms with Crippen molar-refractivity contribution in [1.82, 2.24) is 0 Å². The Bertz CT molecular complexity index is 263. The van der Waals surface area contributed by atoms with Gasteiger partial charge in [0.15, 0.2) is 0 Å². The van der Waals surface area contributed by atoms with Crippen molar-refractivity contribution < 1.29 is 4.39 Å². The fourth-order valence-electron chi connectivity index (χ4n) is 0.872. The summed E-state index contributed by atoms with van der Waals surface area (Å²) in [6.07, 6.45) is 0. The number of halogens is 3. The van der Waals surface area contributed by atoms with E-state index >= 15 is 0 Å². The maximum atomic E-state index is 12.8. The highest BCUT2D eigenvalue weighted by Gasteiger charge is 2.07. The van der Waals surface area contributed by atoms with Gasteiger partial charge in [0.2, 0.25) is 0 Å². The van der Waals surface area contributed by atoms with Crippen LogP contribution in [0.15, 0.2) is 18.2 Å². The first-order valence-corrected chi connectivity index (χ1v) is 3.70. The zero-order valence-electron chi connectivity index (χ0n) is 6.55. The van der Waals surface area contributed by atoms with Gasteiger partial charge >= 0.3 is 0 Å². The van der Waals surface area contributed by atoms with E-state index in [9.17, 15) is 4.39 Å². The normalized spacial score (nSPS) is 12.0. The van der Waals surface area contributed by atoms with E-state index in [1.165, 1.54) is 6.07 Å². The number of nitrogens with two attached hydrogens (primary N) is 1. The summed E-state index contributed by atoms with van der Waals surface area (Å²) < 4.78 is 12.8. The van der Waals surface area contributed by atoms with E-state index in [0.29, 0.717) is 5.56 Å². The summed E-state index contributed by atoms with van der Waals surface area (Å²) in [6.45, 7) is 1.76. The van der Waals surface area contributed by atoms with Gasteiger partial charge in [-0.1, -0.05) is 23.7 Å². The lowest BCUT2D eigenvalue weighted by molar-refractivity contribution is 0.623. The average Bonchev–Trinajstić information content (AvgIpc) is 1.94. The molecule has 68 valence electrons. The topological polar surface area (TPSA) is 26.0 Å². The third kappa shape index (κ3) is 2.34. The van der Waals surface area contributed by atoms with Crippen LogP contribution in [0.1, 0.15) is 18.5 Å². The van der Waals surface area contributed by atoms with Crippen molar-refractivity contribution >= 4 is 24.0 Å². The molecule has 0 saturated carbocycles. The molecule has 0 aliphatic heterocycles. The van der Waals surface area contributed by atoms with Gasteiger partial charge in [-0.2, -0.15) is 0 Å². The summed E-state index contributed by atoms with van der Waals surface area (Å²) in [6, 6.07) is 4.41. The van der Waals surface area contributed by atoms with Crippen LogP contribution in [-0.4, -0.2) is 0 Å². The van der Waals surface area contributed by atoms with Gasteiger partial charge in [-0.05, 0) is 18.6 Å². The predicted octanol–water partition coefficient (Wildman–Crippen LogP) is 2.92. The zero-order valence-corrected chi connectivity index (χ0v) is 8.12. The molecule has 4 heteroatoms. The lowest BCUT2D eigenvalue weighted by Crippen LogP contribution is -2.05. The molecular formula is C8H10Cl2FN. The molecule has 1 rings (SSSR count). The molecule has 0 radical (unpaired) electrons. The lowest BCUT2D eigenvalue weighted by atomic mass is 10.1. The molecule has 1 aromatic rings. The zero-order chi connectivity index (χ0) is 8.43. The quantitative estimate of drug-likeness (QED) is 0.757. The Labute approximate surface area is 82.1 Å². The van der Waals surface area contributed by atoms with E-state index in [2.05, 4.69) is 0 Å². The van der Waals surface area contributed by atoms with E-state index in [-0.39, 0.29) is 23.5 Å².